The van der Waals surface area contributed by atoms with E-state index in [1.165, 1.54) is 0 Å². The summed E-state index contributed by atoms with van der Waals surface area (Å²) in [5, 5.41) is 12.9. The average Bonchev–Trinajstić information content (AvgIpc) is 2.85. The van der Waals surface area contributed by atoms with E-state index in [-0.39, 0.29) is 0 Å². The molecule has 1 atom stereocenters. The van der Waals surface area contributed by atoms with Gasteiger partial charge in [0.2, 0.25) is 0 Å². The van der Waals surface area contributed by atoms with Gasteiger partial charge in [0.15, 0.2) is 0 Å². The average molecular weight is 356 g/mol. The van der Waals surface area contributed by atoms with Crippen LogP contribution in [0, 0.1) is 0 Å². The van der Waals surface area contributed by atoms with Gasteiger partial charge in [0.25, 0.3) is 0 Å². The van der Waals surface area contributed by atoms with E-state index in [0.717, 1.165) is 20.7 Å². The quantitative estimate of drug-likeness (QED) is 0.847. The number of benzene rings is 1. The molecule has 0 aliphatic heterocycles. The fourth-order valence-corrected chi connectivity index (χ4v) is 2.94. The van der Waals surface area contributed by atoms with Crippen molar-refractivity contribution in [2.45, 2.75) is 39.4 Å². The Morgan fingerprint density at radius 1 is 1.35 bits per heavy atom. The normalized spacial score (nSPS) is 12.7. The molecule has 0 fully saturated rings. The second-order valence-electron chi connectivity index (χ2n) is 4.98. The molecule has 0 saturated heterocycles. The van der Waals surface area contributed by atoms with Gasteiger partial charge in [-0.1, -0.05) is 35.8 Å². The van der Waals surface area contributed by atoms with Crippen LogP contribution in [0.4, 0.5) is 0 Å². The van der Waals surface area contributed by atoms with E-state index < -0.39 is 6.10 Å². The zero-order valence-electron chi connectivity index (χ0n) is 11.8. The van der Waals surface area contributed by atoms with Crippen molar-refractivity contribution in [1.29, 1.82) is 0 Å². The van der Waals surface area contributed by atoms with Crippen molar-refractivity contribution >= 4 is 27.3 Å². The zero-order chi connectivity index (χ0) is 14.7. The van der Waals surface area contributed by atoms with E-state index in [1.807, 2.05) is 23.6 Å². The lowest BCUT2D eigenvalue weighted by molar-refractivity contribution is 0.190. The third kappa shape index (κ3) is 3.81. The van der Waals surface area contributed by atoms with E-state index >= 15 is 0 Å². The molecule has 0 aliphatic carbocycles. The van der Waals surface area contributed by atoms with Crippen LogP contribution in [0.1, 0.15) is 49.1 Å². The van der Waals surface area contributed by atoms with Gasteiger partial charge in [0.1, 0.15) is 12.4 Å². The maximum absolute atomic E-state index is 9.76. The molecule has 2 aromatic rings. The maximum atomic E-state index is 9.76. The highest BCUT2D eigenvalue weighted by atomic mass is 79.9. The molecule has 1 aromatic carbocycles. The van der Waals surface area contributed by atoms with Gasteiger partial charge in [-0.15, -0.1) is 11.3 Å². The molecular formula is C15H18BrNO2S. The van der Waals surface area contributed by atoms with Crippen LogP contribution in [0.2, 0.25) is 0 Å². The zero-order valence-corrected chi connectivity index (χ0v) is 14.2. The SMILES string of the molecule is CC(C)c1nc(COc2cc(Br)ccc2[C@H](C)O)cs1. The predicted octanol–water partition coefficient (Wildman–Crippen LogP) is 4.66. The van der Waals surface area contributed by atoms with Crippen molar-refractivity contribution in [3.8, 4) is 5.75 Å². The monoisotopic (exact) mass is 355 g/mol. The summed E-state index contributed by atoms with van der Waals surface area (Å²) in [5.41, 5.74) is 1.71. The van der Waals surface area contributed by atoms with Crippen LogP contribution < -0.4 is 4.74 Å². The van der Waals surface area contributed by atoms with Crippen LogP contribution >= 0.6 is 27.3 Å². The van der Waals surface area contributed by atoms with Gasteiger partial charge in [0.05, 0.1) is 16.8 Å². The van der Waals surface area contributed by atoms with Crippen LogP contribution in [-0.4, -0.2) is 10.1 Å². The molecule has 0 amide bonds. The summed E-state index contributed by atoms with van der Waals surface area (Å²) in [4.78, 5) is 4.54. The van der Waals surface area contributed by atoms with E-state index in [9.17, 15) is 5.11 Å². The molecule has 0 spiro atoms. The van der Waals surface area contributed by atoms with Crippen LogP contribution in [0.5, 0.6) is 5.75 Å². The first-order valence-corrected chi connectivity index (χ1v) is 8.19. The Labute approximate surface area is 131 Å². The highest BCUT2D eigenvalue weighted by molar-refractivity contribution is 9.10. The fourth-order valence-electron chi connectivity index (χ4n) is 1.78. The molecule has 0 aliphatic rings. The van der Waals surface area contributed by atoms with Crippen LogP contribution in [-0.2, 0) is 6.61 Å². The van der Waals surface area contributed by atoms with Gasteiger partial charge in [-0.05, 0) is 19.1 Å². The minimum Gasteiger partial charge on any atom is -0.487 e. The largest absolute Gasteiger partial charge is 0.487 e. The third-order valence-corrected chi connectivity index (χ3v) is 4.55. The van der Waals surface area contributed by atoms with Gasteiger partial charge in [-0.2, -0.15) is 0 Å². The number of hydrogen-bond acceptors (Lipinski definition) is 4. The molecule has 20 heavy (non-hydrogen) atoms. The summed E-state index contributed by atoms with van der Waals surface area (Å²) in [5.74, 6) is 1.13. The van der Waals surface area contributed by atoms with Gasteiger partial charge >= 0.3 is 0 Å². The lowest BCUT2D eigenvalue weighted by Crippen LogP contribution is -2.01. The number of halogens is 1. The van der Waals surface area contributed by atoms with Crippen molar-refractivity contribution in [1.82, 2.24) is 4.98 Å². The van der Waals surface area contributed by atoms with E-state index in [1.54, 1.807) is 18.3 Å². The summed E-state index contributed by atoms with van der Waals surface area (Å²) in [6, 6.07) is 5.64. The van der Waals surface area contributed by atoms with E-state index in [2.05, 4.69) is 34.8 Å². The first kappa shape index (κ1) is 15.5. The smallest absolute Gasteiger partial charge is 0.131 e. The van der Waals surface area contributed by atoms with E-state index in [4.69, 9.17) is 4.74 Å². The Morgan fingerprint density at radius 2 is 2.10 bits per heavy atom. The molecular weight excluding hydrogens is 338 g/mol. The first-order valence-electron chi connectivity index (χ1n) is 6.52. The van der Waals surface area contributed by atoms with Crippen molar-refractivity contribution in [2.75, 3.05) is 0 Å². The number of aromatic nitrogens is 1. The number of ether oxygens (including phenoxy) is 1. The van der Waals surface area contributed by atoms with Gasteiger partial charge < -0.3 is 9.84 Å². The van der Waals surface area contributed by atoms with Crippen LogP contribution in [0.25, 0.3) is 0 Å². The molecule has 5 heteroatoms. The molecule has 2 rings (SSSR count). The molecule has 1 heterocycles. The molecule has 0 bridgehead atoms. The topological polar surface area (TPSA) is 42.4 Å². The Kier molecular flexibility index (Phi) is 5.18. The minimum absolute atomic E-state index is 0.416. The first-order chi connectivity index (χ1) is 9.47. The standard InChI is InChI=1S/C15H18BrNO2S/c1-9(2)15-17-12(8-20-15)7-19-14-6-11(16)4-5-13(14)10(3)18/h4-6,8-10,18H,7H2,1-3H3/t10-/m0/s1. The number of hydrogen-bond donors (Lipinski definition) is 1. The molecule has 3 nitrogen and oxygen atoms in total. The summed E-state index contributed by atoms with van der Waals surface area (Å²) in [6.45, 7) is 6.40. The Hall–Kier alpha value is -0.910. The number of aliphatic hydroxyl groups excluding tert-OH is 1. The Morgan fingerprint density at radius 3 is 2.70 bits per heavy atom. The van der Waals surface area contributed by atoms with Crippen molar-refractivity contribution in [3.63, 3.8) is 0 Å². The number of aliphatic hydroxyl groups is 1. The molecule has 0 unspecified atom stereocenters. The second-order valence-corrected chi connectivity index (χ2v) is 6.78. The van der Waals surface area contributed by atoms with Crippen molar-refractivity contribution in [3.05, 3.63) is 44.3 Å². The van der Waals surface area contributed by atoms with Gasteiger partial charge in [0, 0.05) is 21.3 Å². The van der Waals surface area contributed by atoms with Gasteiger partial charge in [-0.25, -0.2) is 4.98 Å². The highest BCUT2D eigenvalue weighted by Gasteiger charge is 2.11. The maximum Gasteiger partial charge on any atom is 0.131 e. The third-order valence-electron chi connectivity index (χ3n) is 2.86. The fraction of sp³-hybridized carbons (Fsp3) is 0.400. The summed E-state index contributed by atoms with van der Waals surface area (Å²) in [6.07, 6.45) is -0.556. The van der Waals surface area contributed by atoms with Gasteiger partial charge in [-0.3, -0.25) is 0 Å². The molecule has 0 saturated carbocycles. The lowest BCUT2D eigenvalue weighted by atomic mass is 10.1. The Balaban J connectivity index is 2.11. The number of nitrogens with zero attached hydrogens (tertiary/aromatic N) is 1. The van der Waals surface area contributed by atoms with Crippen molar-refractivity contribution < 1.29 is 9.84 Å². The number of thiazole rings is 1. The number of rotatable bonds is 5. The second kappa shape index (κ2) is 6.70. The summed E-state index contributed by atoms with van der Waals surface area (Å²) >= 11 is 5.08. The molecule has 108 valence electrons. The van der Waals surface area contributed by atoms with Crippen LogP contribution in [0.15, 0.2) is 28.1 Å². The summed E-state index contributed by atoms with van der Waals surface area (Å²) < 4.78 is 6.74. The summed E-state index contributed by atoms with van der Waals surface area (Å²) in [7, 11) is 0. The minimum atomic E-state index is -0.556. The van der Waals surface area contributed by atoms with Crippen LogP contribution in [0.3, 0.4) is 0 Å². The molecule has 1 N–H and O–H groups in total. The Bertz CT molecular complexity index is 581. The predicted molar refractivity (Wildman–Crippen MR) is 85.3 cm³/mol. The van der Waals surface area contributed by atoms with E-state index in [0.29, 0.717) is 18.3 Å². The van der Waals surface area contributed by atoms with Crippen molar-refractivity contribution in [2.24, 2.45) is 0 Å². The lowest BCUT2D eigenvalue weighted by Gasteiger charge is -2.13. The highest BCUT2D eigenvalue weighted by Crippen LogP contribution is 2.29. The molecule has 0 radical (unpaired) electrons. The molecule has 1 aromatic heterocycles.